The van der Waals surface area contributed by atoms with Gasteiger partial charge in [0.15, 0.2) is 5.49 Å². The van der Waals surface area contributed by atoms with Crippen LogP contribution in [0.3, 0.4) is 0 Å². The molecule has 0 saturated heterocycles. The number of thiophene rings is 1. The minimum absolute atomic E-state index is 0.459. The number of hydrogen-bond donors (Lipinski definition) is 1. The summed E-state index contributed by atoms with van der Waals surface area (Å²) in [7, 11) is 0. The summed E-state index contributed by atoms with van der Waals surface area (Å²) >= 11 is 7.45. The van der Waals surface area contributed by atoms with Gasteiger partial charge in [-0.15, -0.1) is 11.3 Å². The molecule has 22 heavy (non-hydrogen) atoms. The molecule has 1 amide bonds. The van der Waals surface area contributed by atoms with Gasteiger partial charge in [0, 0.05) is 13.0 Å². The first-order chi connectivity index (χ1) is 10.6. The van der Waals surface area contributed by atoms with Crippen molar-refractivity contribution in [2.24, 2.45) is 4.99 Å². The first-order valence-corrected chi connectivity index (χ1v) is 8.72. The molecule has 2 rings (SSSR count). The molecule has 0 atom stereocenters. The highest BCUT2D eigenvalue weighted by atomic mass is 35.5. The van der Waals surface area contributed by atoms with Gasteiger partial charge in [-0.05, 0) is 18.9 Å². The molecule has 1 N–H and O–H groups in total. The fourth-order valence-corrected chi connectivity index (χ4v) is 3.43. The number of halogens is 1. The van der Waals surface area contributed by atoms with Crippen LogP contribution in [-0.2, 0) is 13.0 Å². The van der Waals surface area contributed by atoms with E-state index in [9.17, 15) is 4.79 Å². The van der Waals surface area contributed by atoms with Gasteiger partial charge in [-0.3, -0.25) is 0 Å². The van der Waals surface area contributed by atoms with Crippen molar-refractivity contribution < 1.29 is 9.90 Å². The fourth-order valence-electron chi connectivity index (χ4n) is 2.33. The fraction of sp³-hybridized carbons (Fsp3) is 0.533. The van der Waals surface area contributed by atoms with E-state index in [4.69, 9.17) is 21.7 Å². The van der Waals surface area contributed by atoms with E-state index in [0.29, 0.717) is 15.2 Å². The molecule has 0 unspecified atom stereocenters. The predicted molar refractivity (Wildman–Crippen MR) is 89.7 cm³/mol. The van der Waals surface area contributed by atoms with E-state index in [2.05, 4.69) is 18.8 Å². The van der Waals surface area contributed by atoms with Crippen molar-refractivity contribution in [2.45, 2.75) is 52.5 Å². The molecular weight excluding hydrogens is 322 g/mol. The number of hydrogen-bond acceptors (Lipinski definition) is 3. The SMILES string of the molecule is CCCCc1nc2sc(Cl)cc2c(=NC(=O)O)n1CCCC. The molecule has 5 nitrogen and oxygen atoms in total. The Morgan fingerprint density at radius 1 is 1.41 bits per heavy atom. The predicted octanol–water partition coefficient (Wildman–Crippen LogP) is 4.47. The van der Waals surface area contributed by atoms with Crippen LogP contribution in [-0.4, -0.2) is 20.8 Å². The molecule has 2 aromatic rings. The summed E-state index contributed by atoms with van der Waals surface area (Å²) in [4.78, 5) is 20.4. The number of fused-ring (bicyclic) bond motifs is 1. The first-order valence-electron chi connectivity index (χ1n) is 7.53. The van der Waals surface area contributed by atoms with E-state index in [1.807, 2.05) is 4.57 Å². The zero-order chi connectivity index (χ0) is 16.1. The van der Waals surface area contributed by atoms with E-state index in [1.54, 1.807) is 6.07 Å². The Hall–Kier alpha value is -1.40. The van der Waals surface area contributed by atoms with E-state index in [0.717, 1.165) is 49.3 Å². The van der Waals surface area contributed by atoms with Crippen LogP contribution in [0.2, 0.25) is 4.34 Å². The topological polar surface area (TPSA) is 67.5 Å². The lowest BCUT2D eigenvalue weighted by Crippen LogP contribution is -2.27. The molecule has 120 valence electrons. The summed E-state index contributed by atoms with van der Waals surface area (Å²) in [6.07, 6.45) is 3.67. The van der Waals surface area contributed by atoms with Crippen molar-refractivity contribution >= 4 is 39.2 Å². The molecule has 2 heterocycles. The molecule has 0 fully saturated rings. The standard InChI is InChI=1S/C15H20ClN3O2S/c1-3-5-7-12-17-14-10(9-11(16)22-14)13(18-15(20)21)19(12)8-6-4-2/h9H,3-8H2,1-2H3,(H,20,21). The first kappa shape index (κ1) is 17.0. The summed E-state index contributed by atoms with van der Waals surface area (Å²) in [6.45, 7) is 4.95. The van der Waals surface area contributed by atoms with E-state index >= 15 is 0 Å². The lowest BCUT2D eigenvalue weighted by Gasteiger charge is -2.13. The molecule has 0 bridgehead atoms. The average molecular weight is 342 g/mol. The molecule has 7 heteroatoms. The molecule has 0 radical (unpaired) electrons. The highest BCUT2D eigenvalue weighted by Gasteiger charge is 2.13. The van der Waals surface area contributed by atoms with E-state index in [-0.39, 0.29) is 0 Å². The van der Waals surface area contributed by atoms with Gasteiger partial charge in [-0.1, -0.05) is 38.3 Å². The van der Waals surface area contributed by atoms with Crippen molar-refractivity contribution in [2.75, 3.05) is 0 Å². The van der Waals surface area contributed by atoms with Crippen LogP contribution in [0.4, 0.5) is 4.79 Å². The van der Waals surface area contributed by atoms with Gasteiger partial charge in [0.25, 0.3) is 0 Å². The third-order valence-corrected chi connectivity index (χ3v) is 4.57. The summed E-state index contributed by atoms with van der Waals surface area (Å²) < 4.78 is 2.54. The van der Waals surface area contributed by atoms with Crippen LogP contribution in [0.1, 0.15) is 45.4 Å². The average Bonchev–Trinajstić information content (AvgIpc) is 2.83. The summed E-state index contributed by atoms with van der Waals surface area (Å²) in [5, 5.41) is 9.84. The molecule has 0 saturated carbocycles. The summed E-state index contributed by atoms with van der Waals surface area (Å²) in [5.41, 5.74) is 0.459. The van der Waals surface area contributed by atoms with Gasteiger partial charge in [-0.2, -0.15) is 4.99 Å². The zero-order valence-electron chi connectivity index (χ0n) is 12.8. The zero-order valence-corrected chi connectivity index (χ0v) is 14.4. The van der Waals surface area contributed by atoms with Gasteiger partial charge < -0.3 is 9.67 Å². The second kappa shape index (κ2) is 7.74. The highest BCUT2D eigenvalue weighted by Crippen LogP contribution is 2.26. The largest absolute Gasteiger partial charge is 0.463 e. The smallest absolute Gasteiger partial charge is 0.433 e. The van der Waals surface area contributed by atoms with Gasteiger partial charge in [0.2, 0.25) is 0 Å². The Morgan fingerprint density at radius 3 is 2.77 bits per heavy atom. The van der Waals surface area contributed by atoms with Crippen LogP contribution >= 0.6 is 22.9 Å². The van der Waals surface area contributed by atoms with Crippen molar-refractivity contribution in [1.82, 2.24) is 9.55 Å². The van der Waals surface area contributed by atoms with Crippen molar-refractivity contribution in [1.29, 1.82) is 0 Å². The maximum absolute atomic E-state index is 11.1. The van der Waals surface area contributed by atoms with E-state index < -0.39 is 6.09 Å². The minimum Gasteiger partial charge on any atom is -0.463 e. The molecule has 0 spiro atoms. The Labute approximate surface area is 138 Å². The Balaban J connectivity index is 2.71. The highest BCUT2D eigenvalue weighted by molar-refractivity contribution is 7.22. The second-order valence-corrected chi connectivity index (χ2v) is 6.79. The van der Waals surface area contributed by atoms with Gasteiger partial charge >= 0.3 is 6.09 Å². The van der Waals surface area contributed by atoms with Crippen molar-refractivity contribution in [3.8, 4) is 0 Å². The Morgan fingerprint density at radius 2 is 2.14 bits per heavy atom. The van der Waals surface area contributed by atoms with Crippen LogP contribution < -0.4 is 5.49 Å². The number of unbranched alkanes of at least 4 members (excludes halogenated alkanes) is 2. The lowest BCUT2D eigenvalue weighted by atomic mass is 10.2. The van der Waals surface area contributed by atoms with Crippen LogP contribution in [0.15, 0.2) is 11.1 Å². The van der Waals surface area contributed by atoms with Crippen LogP contribution in [0.5, 0.6) is 0 Å². The summed E-state index contributed by atoms with van der Waals surface area (Å²) in [5.74, 6) is 0.890. The third-order valence-electron chi connectivity index (χ3n) is 3.41. The number of nitrogens with zero attached hydrogens (tertiary/aromatic N) is 3. The molecule has 0 aliphatic carbocycles. The van der Waals surface area contributed by atoms with Crippen molar-refractivity contribution in [3.63, 3.8) is 0 Å². The second-order valence-electron chi connectivity index (χ2n) is 5.12. The third kappa shape index (κ3) is 3.87. The Bertz CT molecular complexity index is 736. The maximum Gasteiger partial charge on any atom is 0.433 e. The Kier molecular flexibility index (Phi) is 5.97. The molecular formula is C15H20ClN3O2S. The van der Waals surface area contributed by atoms with E-state index in [1.165, 1.54) is 11.3 Å². The number of carboxylic acid groups (broad SMARTS) is 1. The van der Waals surface area contributed by atoms with Gasteiger partial charge in [0.05, 0.1) is 9.72 Å². The minimum atomic E-state index is -1.19. The van der Waals surface area contributed by atoms with Gasteiger partial charge in [-0.25, -0.2) is 9.78 Å². The molecule has 0 aliphatic rings. The number of rotatable bonds is 6. The number of aromatic nitrogens is 2. The van der Waals surface area contributed by atoms with Crippen LogP contribution in [0, 0.1) is 0 Å². The van der Waals surface area contributed by atoms with Crippen LogP contribution in [0.25, 0.3) is 10.2 Å². The summed E-state index contributed by atoms with van der Waals surface area (Å²) in [6, 6.07) is 1.75. The maximum atomic E-state index is 11.1. The van der Waals surface area contributed by atoms with Gasteiger partial charge in [0.1, 0.15) is 10.7 Å². The number of carbonyl (C=O) groups is 1. The monoisotopic (exact) mass is 341 g/mol. The lowest BCUT2D eigenvalue weighted by molar-refractivity contribution is 0.204. The van der Waals surface area contributed by atoms with Crippen molar-refractivity contribution in [3.05, 3.63) is 21.7 Å². The molecule has 0 aliphatic heterocycles. The number of amides is 1. The number of aryl methyl sites for hydroxylation is 1. The molecule has 0 aromatic carbocycles. The normalized spacial score (nSPS) is 12.2. The quantitative estimate of drug-likeness (QED) is 0.842. The molecule has 2 aromatic heterocycles.